The predicted octanol–water partition coefficient (Wildman–Crippen LogP) is 8.29. The van der Waals surface area contributed by atoms with Gasteiger partial charge in [0.15, 0.2) is 0 Å². The van der Waals surface area contributed by atoms with Crippen molar-refractivity contribution in [1.29, 1.82) is 0 Å². The molecule has 3 amide bonds. The molecule has 2 unspecified atom stereocenters. The number of hydrogen-bond donors (Lipinski definition) is 2. The van der Waals surface area contributed by atoms with Gasteiger partial charge in [-0.05, 0) is 28.5 Å². The summed E-state index contributed by atoms with van der Waals surface area (Å²) in [6.07, 6.45) is 9.46. The van der Waals surface area contributed by atoms with E-state index < -0.39 is 35.2 Å². The van der Waals surface area contributed by atoms with Gasteiger partial charge in [0.25, 0.3) is 0 Å². The standard InChI is InChI=1S/C40H55N3O4/c1-5-6-7-8-9-10-11-17-28-34(38(41)45)29-35(44)43(47-30-31-22-15-12-16-23-31)37(40(2,3)4)39(46)42-36(32-24-18-13-19-25-32)33-26-20-14-21-27-33/h12-16,18-27,34,36-37H,5-11,17,28-30H2,1-4H3,(H2,41,45)(H,42,46). The third-order valence-corrected chi connectivity index (χ3v) is 8.54. The smallest absolute Gasteiger partial charge is 0.247 e. The van der Waals surface area contributed by atoms with Gasteiger partial charge in [0.1, 0.15) is 12.6 Å². The molecule has 254 valence electrons. The van der Waals surface area contributed by atoms with Crippen LogP contribution in [0.3, 0.4) is 0 Å². The quantitative estimate of drug-likeness (QED) is 0.0957. The molecular formula is C40H55N3O4. The summed E-state index contributed by atoms with van der Waals surface area (Å²) < 4.78 is 0. The average Bonchev–Trinajstić information content (AvgIpc) is 3.06. The summed E-state index contributed by atoms with van der Waals surface area (Å²) in [5.41, 5.74) is 7.81. The van der Waals surface area contributed by atoms with Crippen molar-refractivity contribution < 1.29 is 19.2 Å². The number of amides is 3. The van der Waals surface area contributed by atoms with Crippen molar-refractivity contribution in [2.75, 3.05) is 0 Å². The number of benzene rings is 3. The second-order valence-corrected chi connectivity index (χ2v) is 13.6. The Labute approximate surface area is 282 Å². The van der Waals surface area contributed by atoms with Crippen molar-refractivity contribution in [3.63, 3.8) is 0 Å². The van der Waals surface area contributed by atoms with E-state index in [9.17, 15) is 14.4 Å². The molecule has 7 nitrogen and oxygen atoms in total. The molecule has 3 rings (SSSR count). The van der Waals surface area contributed by atoms with E-state index in [0.717, 1.165) is 36.0 Å². The molecule has 0 saturated heterocycles. The van der Waals surface area contributed by atoms with Crippen molar-refractivity contribution >= 4 is 17.7 Å². The van der Waals surface area contributed by atoms with Crippen LogP contribution in [0.1, 0.15) is 115 Å². The number of unbranched alkanes of at least 4 members (excludes halogenated alkanes) is 7. The van der Waals surface area contributed by atoms with E-state index in [1.54, 1.807) is 0 Å². The first-order valence-electron chi connectivity index (χ1n) is 17.3. The summed E-state index contributed by atoms with van der Waals surface area (Å²) in [6, 6.07) is 27.6. The molecule has 3 aromatic rings. The van der Waals surface area contributed by atoms with E-state index in [4.69, 9.17) is 10.6 Å². The highest BCUT2D eigenvalue weighted by atomic mass is 16.7. The fourth-order valence-corrected chi connectivity index (χ4v) is 5.90. The van der Waals surface area contributed by atoms with Gasteiger partial charge in [0.2, 0.25) is 17.7 Å². The van der Waals surface area contributed by atoms with Gasteiger partial charge in [-0.1, -0.05) is 170 Å². The molecule has 47 heavy (non-hydrogen) atoms. The van der Waals surface area contributed by atoms with Gasteiger partial charge in [-0.25, -0.2) is 5.06 Å². The molecule has 0 radical (unpaired) electrons. The molecule has 0 spiro atoms. The molecular weight excluding hydrogens is 586 g/mol. The minimum absolute atomic E-state index is 0.0898. The van der Waals surface area contributed by atoms with Gasteiger partial charge in [0, 0.05) is 12.3 Å². The van der Waals surface area contributed by atoms with E-state index >= 15 is 0 Å². The fraction of sp³-hybridized carbons (Fsp3) is 0.475. The minimum Gasteiger partial charge on any atom is -0.369 e. The lowest BCUT2D eigenvalue weighted by Crippen LogP contribution is -2.56. The molecule has 3 aromatic carbocycles. The normalized spacial score (nSPS) is 12.8. The highest BCUT2D eigenvalue weighted by Gasteiger charge is 2.42. The van der Waals surface area contributed by atoms with Gasteiger partial charge in [0.05, 0.1) is 6.04 Å². The lowest BCUT2D eigenvalue weighted by Gasteiger charge is -2.39. The van der Waals surface area contributed by atoms with E-state index in [1.807, 2.05) is 112 Å². The number of carbonyl (C=O) groups is 3. The van der Waals surface area contributed by atoms with Crippen LogP contribution in [0.2, 0.25) is 0 Å². The van der Waals surface area contributed by atoms with Crippen LogP contribution in [-0.2, 0) is 25.8 Å². The maximum absolute atomic E-state index is 14.4. The predicted molar refractivity (Wildman–Crippen MR) is 189 cm³/mol. The Morgan fingerprint density at radius 1 is 0.745 bits per heavy atom. The number of nitrogens with two attached hydrogens (primary N) is 1. The summed E-state index contributed by atoms with van der Waals surface area (Å²) in [4.78, 5) is 47.3. The average molecular weight is 642 g/mol. The number of nitrogens with one attached hydrogen (secondary N) is 1. The molecule has 0 aliphatic carbocycles. The number of carbonyl (C=O) groups excluding carboxylic acids is 3. The summed E-state index contributed by atoms with van der Waals surface area (Å²) in [5.74, 6) is -1.93. The lowest BCUT2D eigenvalue weighted by atomic mass is 9.84. The molecule has 7 heteroatoms. The first-order valence-corrected chi connectivity index (χ1v) is 17.3. The summed E-state index contributed by atoms with van der Waals surface area (Å²) in [5, 5.41) is 4.44. The van der Waals surface area contributed by atoms with Gasteiger partial charge in [-0.2, -0.15) is 0 Å². The van der Waals surface area contributed by atoms with E-state index in [0.29, 0.717) is 6.42 Å². The van der Waals surface area contributed by atoms with Crippen molar-refractivity contribution in [1.82, 2.24) is 10.4 Å². The molecule has 2 atom stereocenters. The zero-order chi connectivity index (χ0) is 34.1. The van der Waals surface area contributed by atoms with E-state index in [2.05, 4.69) is 12.2 Å². The Hall–Kier alpha value is -3.97. The van der Waals surface area contributed by atoms with Crippen LogP contribution in [0.15, 0.2) is 91.0 Å². The van der Waals surface area contributed by atoms with Crippen LogP contribution in [0.5, 0.6) is 0 Å². The number of rotatable bonds is 20. The van der Waals surface area contributed by atoms with Gasteiger partial charge in [-0.3, -0.25) is 19.2 Å². The molecule has 0 fully saturated rings. The summed E-state index contributed by atoms with van der Waals surface area (Å²) in [6.45, 7) is 8.04. The lowest BCUT2D eigenvalue weighted by molar-refractivity contribution is -0.218. The fourth-order valence-electron chi connectivity index (χ4n) is 5.90. The SMILES string of the molecule is CCCCCCCCCCC(CC(=O)N(OCc1ccccc1)C(C(=O)NC(c1ccccc1)c1ccccc1)C(C)(C)C)C(N)=O. The highest BCUT2D eigenvalue weighted by molar-refractivity contribution is 5.90. The first-order chi connectivity index (χ1) is 22.6. The van der Waals surface area contributed by atoms with Gasteiger partial charge in [-0.15, -0.1) is 0 Å². The number of primary amides is 1. The molecule has 0 bridgehead atoms. The number of hydroxylamine groups is 2. The zero-order valence-corrected chi connectivity index (χ0v) is 28.8. The second-order valence-electron chi connectivity index (χ2n) is 13.6. The Balaban J connectivity index is 1.84. The van der Waals surface area contributed by atoms with Crippen LogP contribution < -0.4 is 11.1 Å². The molecule has 0 aliphatic heterocycles. The third kappa shape index (κ3) is 12.6. The largest absolute Gasteiger partial charge is 0.369 e. The Morgan fingerprint density at radius 2 is 1.23 bits per heavy atom. The first kappa shape index (κ1) is 37.5. The molecule has 0 saturated carbocycles. The maximum atomic E-state index is 14.4. The highest BCUT2D eigenvalue weighted by Crippen LogP contribution is 2.30. The van der Waals surface area contributed by atoms with E-state index in [1.165, 1.54) is 37.2 Å². The van der Waals surface area contributed by atoms with Gasteiger partial charge >= 0.3 is 0 Å². The molecule has 3 N–H and O–H groups in total. The van der Waals surface area contributed by atoms with Crippen LogP contribution in [0.25, 0.3) is 0 Å². The molecule has 0 aliphatic rings. The number of hydrogen-bond acceptors (Lipinski definition) is 4. The topological polar surface area (TPSA) is 102 Å². The van der Waals surface area contributed by atoms with Crippen molar-refractivity contribution in [3.05, 3.63) is 108 Å². The Morgan fingerprint density at radius 3 is 1.72 bits per heavy atom. The van der Waals surface area contributed by atoms with Crippen LogP contribution in [0.4, 0.5) is 0 Å². The maximum Gasteiger partial charge on any atom is 0.247 e. The van der Waals surface area contributed by atoms with Crippen molar-refractivity contribution in [2.24, 2.45) is 17.1 Å². The zero-order valence-electron chi connectivity index (χ0n) is 28.8. The van der Waals surface area contributed by atoms with Crippen LogP contribution in [0, 0.1) is 11.3 Å². The summed E-state index contributed by atoms with van der Waals surface area (Å²) >= 11 is 0. The summed E-state index contributed by atoms with van der Waals surface area (Å²) in [7, 11) is 0. The van der Waals surface area contributed by atoms with Gasteiger partial charge < -0.3 is 11.1 Å². The van der Waals surface area contributed by atoms with Crippen LogP contribution in [-0.4, -0.2) is 28.8 Å². The number of nitrogens with zero attached hydrogens (tertiary/aromatic N) is 1. The van der Waals surface area contributed by atoms with E-state index in [-0.39, 0.29) is 18.9 Å². The molecule has 0 heterocycles. The Kier molecular flexibility index (Phi) is 15.7. The molecule has 0 aromatic heterocycles. The van der Waals surface area contributed by atoms with Crippen molar-refractivity contribution in [2.45, 2.75) is 111 Å². The Bertz CT molecular complexity index is 1300. The van der Waals surface area contributed by atoms with Crippen LogP contribution >= 0.6 is 0 Å². The monoisotopic (exact) mass is 641 g/mol. The second kappa shape index (κ2) is 19.6. The third-order valence-electron chi connectivity index (χ3n) is 8.54. The minimum atomic E-state index is -0.995. The van der Waals surface area contributed by atoms with Crippen molar-refractivity contribution in [3.8, 4) is 0 Å².